The van der Waals surface area contributed by atoms with E-state index in [0.717, 1.165) is 31.5 Å². The average molecular weight is 234 g/mol. The Morgan fingerprint density at radius 1 is 1.41 bits per heavy atom. The van der Waals surface area contributed by atoms with E-state index in [4.69, 9.17) is 0 Å². The van der Waals surface area contributed by atoms with E-state index in [-0.39, 0.29) is 11.7 Å². The first-order chi connectivity index (χ1) is 8.24. The summed E-state index contributed by atoms with van der Waals surface area (Å²) in [6.45, 7) is 1.94. The van der Waals surface area contributed by atoms with E-state index in [2.05, 4.69) is 10.6 Å². The molecule has 92 valence electrons. The van der Waals surface area contributed by atoms with Gasteiger partial charge in [-0.1, -0.05) is 12.1 Å². The van der Waals surface area contributed by atoms with E-state index >= 15 is 0 Å². The summed E-state index contributed by atoms with van der Waals surface area (Å²) in [6.07, 6.45) is 2.32. The van der Waals surface area contributed by atoms with Crippen molar-refractivity contribution in [1.29, 1.82) is 0 Å². The van der Waals surface area contributed by atoms with Crippen LogP contribution in [0.2, 0.25) is 0 Å². The quantitative estimate of drug-likeness (QED) is 0.725. The minimum Gasteiger partial charge on any atom is -0.508 e. The number of piperidine rings is 1. The average Bonchev–Trinajstić information content (AvgIpc) is 2.30. The van der Waals surface area contributed by atoms with Crippen LogP contribution in [-0.2, 0) is 11.2 Å². The highest BCUT2D eigenvalue weighted by atomic mass is 16.3. The summed E-state index contributed by atoms with van der Waals surface area (Å²) < 4.78 is 0. The fraction of sp³-hybridized carbons (Fsp3) is 0.462. The van der Waals surface area contributed by atoms with E-state index in [1.165, 1.54) is 0 Å². The molecule has 2 rings (SSSR count). The highest BCUT2D eigenvalue weighted by molar-refractivity contribution is 5.79. The summed E-state index contributed by atoms with van der Waals surface area (Å²) in [5.41, 5.74) is 0.844. The maximum Gasteiger partial charge on any atom is 0.224 e. The van der Waals surface area contributed by atoms with Crippen LogP contribution in [0.4, 0.5) is 0 Å². The lowest BCUT2D eigenvalue weighted by molar-refractivity contribution is -0.121. The number of phenols is 1. The number of amides is 1. The van der Waals surface area contributed by atoms with Crippen molar-refractivity contribution in [1.82, 2.24) is 10.6 Å². The Labute approximate surface area is 101 Å². The third-order valence-electron chi connectivity index (χ3n) is 2.98. The standard InChI is InChI=1S/C13H18N2O2/c16-12-3-1-2-10(8-12)9-13(17)15-11-4-6-14-7-5-11/h1-3,8,11,14,16H,4-7,9H2,(H,15,17). The largest absolute Gasteiger partial charge is 0.508 e. The van der Waals surface area contributed by atoms with Crippen molar-refractivity contribution in [2.45, 2.75) is 25.3 Å². The molecule has 0 radical (unpaired) electrons. The lowest BCUT2D eigenvalue weighted by Crippen LogP contribution is -2.43. The van der Waals surface area contributed by atoms with Crippen LogP contribution in [0.5, 0.6) is 5.75 Å². The highest BCUT2D eigenvalue weighted by Crippen LogP contribution is 2.11. The molecule has 1 heterocycles. The van der Waals surface area contributed by atoms with Crippen LogP contribution in [0.15, 0.2) is 24.3 Å². The van der Waals surface area contributed by atoms with Crippen LogP contribution in [0.3, 0.4) is 0 Å². The summed E-state index contributed by atoms with van der Waals surface area (Å²) in [6, 6.07) is 7.13. The number of rotatable bonds is 3. The molecule has 0 unspecified atom stereocenters. The molecule has 1 aliphatic heterocycles. The Hall–Kier alpha value is -1.55. The Kier molecular flexibility index (Phi) is 3.98. The van der Waals surface area contributed by atoms with Gasteiger partial charge in [0.2, 0.25) is 5.91 Å². The molecule has 3 N–H and O–H groups in total. The van der Waals surface area contributed by atoms with Gasteiger partial charge in [0.15, 0.2) is 0 Å². The highest BCUT2D eigenvalue weighted by Gasteiger charge is 2.15. The van der Waals surface area contributed by atoms with E-state index < -0.39 is 0 Å². The lowest BCUT2D eigenvalue weighted by Gasteiger charge is -2.23. The summed E-state index contributed by atoms with van der Waals surface area (Å²) in [5.74, 6) is 0.236. The first kappa shape index (κ1) is 11.9. The smallest absolute Gasteiger partial charge is 0.224 e. The predicted octanol–water partition coefficient (Wildman–Crippen LogP) is 0.803. The number of hydrogen-bond acceptors (Lipinski definition) is 3. The SMILES string of the molecule is O=C(Cc1cccc(O)c1)NC1CCNCC1. The fourth-order valence-electron chi connectivity index (χ4n) is 2.10. The molecule has 1 saturated heterocycles. The van der Waals surface area contributed by atoms with Crippen molar-refractivity contribution >= 4 is 5.91 Å². The summed E-state index contributed by atoms with van der Waals surface area (Å²) in [4.78, 5) is 11.8. The molecule has 0 atom stereocenters. The zero-order chi connectivity index (χ0) is 12.1. The van der Waals surface area contributed by atoms with Gasteiger partial charge in [0, 0.05) is 6.04 Å². The minimum absolute atomic E-state index is 0.0301. The second-order valence-electron chi connectivity index (χ2n) is 4.44. The molecule has 0 spiro atoms. The maximum atomic E-state index is 11.8. The summed E-state index contributed by atoms with van der Waals surface area (Å²) >= 11 is 0. The van der Waals surface area contributed by atoms with Gasteiger partial charge in [0.05, 0.1) is 6.42 Å². The first-order valence-electron chi connectivity index (χ1n) is 6.02. The van der Waals surface area contributed by atoms with Gasteiger partial charge in [-0.05, 0) is 43.6 Å². The van der Waals surface area contributed by atoms with Crippen LogP contribution in [0.1, 0.15) is 18.4 Å². The molecule has 4 heteroatoms. The number of carbonyl (C=O) groups is 1. The Bertz CT molecular complexity index is 387. The van der Waals surface area contributed by atoms with E-state index in [9.17, 15) is 9.90 Å². The number of carbonyl (C=O) groups excluding carboxylic acids is 1. The molecule has 1 aromatic rings. The van der Waals surface area contributed by atoms with Crippen LogP contribution in [0, 0.1) is 0 Å². The third-order valence-corrected chi connectivity index (χ3v) is 2.98. The number of benzene rings is 1. The molecule has 17 heavy (non-hydrogen) atoms. The minimum atomic E-state index is 0.0301. The van der Waals surface area contributed by atoms with Crippen LogP contribution >= 0.6 is 0 Å². The van der Waals surface area contributed by atoms with Crippen molar-refractivity contribution in [2.24, 2.45) is 0 Å². The van der Waals surface area contributed by atoms with Gasteiger partial charge in [-0.15, -0.1) is 0 Å². The molecule has 0 aromatic heterocycles. The van der Waals surface area contributed by atoms with Crippen molar-refractivity contribution in [3.8, 4) is 5.75 Å². The molecule has 1 aromatic carbocycles. The van der Waals surface area contributed by atoms with E-state index in [0.29, 0.717) is 12.5 Å². The Morgan fingerprint density at radius 2 is 2.18 bits per heavy atom. The normalized spacial score (nSPS) is 16.7. The first-order valence-corrected chi connectivity index (χ1v) is 6.02. The van der Waals surface area contributed by atoms with Crippen LogP contribution in [-0.4, -0.2) is 30.1 Å². The summed E-state index contributed by atoms with van der Waals surface area (Å²) in [5, 5.41) is 15.6. The summed E-state index contributed by atoms with van der Waals surface area (Å²) in [7, 11) is 0. The molecule has 0 bridgehead atoms. The molecule has 1 fully saturated rings. The van der Waals surface area contributed by atoms with Gasteiger partial charge in [-0.3, -0.25) is 4.79 Å². The monoisotopic (exact) mass is 234 g/mol. The number of phenolic OH excluding ortho intramolecular Hbond substituents is 1. The van der Waals surface area contributed by atoms with Crippen LogP contribution < -0.4 is 10.6 Å². The molecule has 1 amide bonds. The molecule has 1 aliphatic rings. The second kappa shape index (κ2) is 5.68. The lowest BCUT2D eigenvalue weighted by atomic mass is 10.1. The topological polar surface area (TPSA) is 61.4 Å². The number of nitrogens with one attached hydrogen (secondary N) is 2. The maximum absolute atomic E-state index is 11.8. The van der Waals surface area contributed by atoms with Gasteiger partial charge in [0.25, 0.3) is 0 Å². The van der Waals surface area contributed by atoms with Gasteiger partial charge in [-0.25, -0.2) is 0 Å². The zero-order valence-corrected chi connectivity index (χ0v) is 9.78. The van der Waals surface area contributed by atoms with Gasteiger partial charge >= 0.3 is 0 Å². The number of aromatic hydroxyl groups is 1. The molecule has 4 nitrogen and oxygen atoms in total. The third kappa shape index (κ3) is 3.75. The predicted molar refractivity (Wildman–Crippen MR) is 65.8 cm³/mol. The Balaban J connectivity index is 1.84. The van der Waals surface area contributed by atoms with Crippen molar-refractivity contribution < 1.29 is 9.90 Å². The van der Waals surface area contributed by atoms with Crippen molar-refractivity contribution in [2.75, 3.05) is 13.1 Å². The fourth-order valence-corrected chi connectivity index (χ4v) is 2.10. The molecule has 0 aliphatic carbocycles. The van der Waals surface area contributed by atoms with Gasteiger partial charge in [0.1, 0.15) is 5.75 Å². The Morgan fingerprint density at radius 3 is 2.88 bits per heavy atom. The second-order valence-corrected chi connectivity index (χ2v) is 4.44. The van der Waals surface area contributed by atoms with Gasteiger partial charge in [-0.2, -0.15) is 0 Å². The molecular formula is C13H18N2O2. The molecular weight excluding hydrogens is 216 g/mol. The number of hydrogen-bond donors (Lipinski definition) is 3. The molecule has 0 saturated carbocycles. The zero-order valence-electron chi connectivity index (χ0n) is 9.78. The van der Waals surface area contributed by atoms with Crippen molar-refractivity contribution in [3.05, 3.63) is 29.8 Å². The van der Waals surface area contributed by atoms with E-state index in [1.807, 2.05) is 6.07 Å². The van der Waals surface area contributed by atoms with Gasteiger partial charge < -0.3 is 15.7 Å². The van der Waals surface area contributed by atoms with Crippen molar-refractivity contribution in [3.63, 3.8) is 0 Å². The van der Waals surface area contributed by atoms with E-state index in [1.54, 1.807) is 18.2 Å². The van der Waals surface area contributed by atoms with Crippen LogP contribution in [0.25, 0.3) is 0 Å².